The Morgan fingerprint density at radius 2 is 1.97 bits per heavy atom. The van der Waals surface area contributed by atoms with Gasteiger partial charge in [0.25, 0.3) is 5.91 Å². The smallest absolute Gasteiger partial charge is 0.292 e. The fourth-order valence-electron chi connectivity index (χ4n) is 3.49. The van der Waals surface area contributed by atoms with Gasteiger partial charge < -0.3 is 14.5 Å². The molecule has 2 aromatic carbocycles. The van der Waals surface area contributed by atoms with E-state index in [9.17, 15) is 4.79 Å². The third kappa shape index (κ3) is 5.82. The molecule has 0 aliphatic carbocycles. The fraction of sp³-hybridized carbons (Fsp3) is 0.231. The molecule has 176 valence electrons. The first-order chi connectivity index (χ1) is 16.3. The first-order valence-electron chi connectivity index (χ1n) is 10.9. The molecule has 0 unspecified atom stereocenters. The van der Waals surface area contributed by atoms with E-state index in [2.05, 4.69) is 24.3 Å². The number of halogens is 2. The molecular weight excluding hydrogens is 473 g/mol. The number of aromatic nitrogens is 2. The first-order valence-corrected chi connectivity index (χ1v) is 11.6. The van der Waals surface area contributed by atoms with Gasteiger partial charge in [0.1, 0.15) is 18.1 Å². The van der Waals surface area contributed by atoms with Crippen LogP contribution in [0.15, 0.2) is 65.2 Å². The number of amides is 1. The lowest BCUT2D eigenvalue weighted by Gasteiger charge is -2.15. The van der Waals surface area contributed by atoms with Gasteiger partial charge in [0.15, 0.2) is 11.6 Å². The number of carbonyl (C=O) groups excluding carboxylic acids is 1. The van der Waals surface area contributed by atoms with Crippen molar-refractivity contribution in [3.05, 3.63) is 99.1 Å². The SMILES string of the molecule is Cc1cc(OCc2ccc(C(=O)Nc3ccn(Cc4cccc(Cl)c4)n3)o2)c(C(C)C)cc1Cl. The van der Waals surface area contributed by atoms with E-state index in [1.165, 1.54) is 0 Å². The van der Waals surface area contributed by atoms with Crippen LogP contribution >= 0.6 is 23.2 Å². The van der Waals surface area contributed by atoms with Crippen LogP contribution in [0.1, 0.15) is 52.8 Å². The Balaban J connectivity index is 1.37. The second kappa shape index (κ2) is 10.4. The maximum absolute atomic E-state index is 12.6. The van der Waals surface area contributed by atoms with Crippen LogP contribution in [0.5, 0.6) is 5.75 Å². The highest BCUT2D eigenvalue weighted by atomic mass is 35.5. The highest BCUT2D eigenvalue weighted by Crippen LogP contribution is 2.32. The zero-order valence-corrected chi connectivity index (χ0v) is 20.7. The summed E-state index contributed by atoms with van der Waals surface area (Å²) in [6.07, 6.45) is 1.79. The second-order valence-corrected chi connectivity index (χ2v) is 9.17. The summed E-state index contributed by atoms with van der Waals surface area (Å²) >= 11 is 12.3. The van der Waals surface area contributed by atoms with Gasteiger partial charge in [0.2, 0.25) is 0 Å². The molecule has 2 heterocycles. The monoisotopic (exact) mass is 497 g/mol. The van der Waals surface area contributed by atoms with Gasteiger partial charge >= 0.3 is 0 Å². The number of aryl methyl sites for hydroxylation is 1. The number of anilines is 1. The van der Waals surface area contributed by atoms with Crippen molar-refractivity contribution in [2.45, 2.75) is 39.8 Å². The van der Waals surface area contributed by atoms with E-state index in [0.717, 1.165) is 22.4 Å². The molecule has 0 spiro atoms. The van der Waals surface area contributed by atoms with Crippen LogP contribution in [-0.2, 0) is 13.2 Å². The average Bonchev–Trinajstić information content (AvgIpc) is 3.44. The lowest BCUT2D eigenvalue weighted by molar-refractivity contribution is 0.0992. The second-order valence-electron chi connectivity index (χ2n) is 8.33. The maximum Gasteiger partial charge on any atom is 0.292 e. The molecule has 0 fully saturated rings. The minimum atomic E-state index is -0.385. The number of nitrogens with one attached hydrogen (secondary N) is 1. The number of hydrogen-bond donors (Lipinski definition) is 1. The maximum atomic E-state index is 12.6. The molecule has 34 heavy (non-hydrogen) atoms. The van der Waals surface area contributed by atoms with E-state index in [4.69, 9.17) is 32.4 Å². The molecule has 4 rings (SSSR count). The number of benzene rings is 2. The van der Waals surface area contributed by atoms with Crippen molar-refractivity contribution >= 4 is 34.9 Å². The molecule has 6 nitrogen and oxygen atoms in total. The van der Waals surface area contributed by atoms with Crippen molar-refractivity contribution < 1.29 is 13.9 Å². The van der Waals surface area contributed by atoms with Gasteiger partial charge in [0, 0.05) is 22.3 Å². The Morgan fingerprint density at radius 3 is 2.74 bits per heavy atom. The van der Waals surface area contributed by atoms with Crippen molar-refractivity contribution in [1.29, 1.82) is 0 Å². The Morgan fingerprint density at radius 1 is 1.15 bits per heavy atom. The predicted octanol–water partition coefficient (Wildman–Crippen LogP) is 7.09. The molecule has 1 N–H and O–H groups in total. The summed E-state index contributed by atoms with van der Waals surface area (Å²) in [4.78, 5) is 12.6. The van der Waals surface area contributed by atoms with Crippen molar-refractivity contribution in [2.24, 2.45) is 0 Å². The lowest BCUT2D eigenvalue weighted by Crippen LogP contribution is -2.12. The fourth-order valence-corrected chi connectivity index (χ4v) is 3.87. The molecule has 0 saturated carbocycles. The molecule has 0 radical (unpaired) electrons. The topological polar surface area (TPSA) is 69.3 Å². The van der Waals surface area contributed by atoms with Gasteiger partial charge in [-0.15, -0.1) is 0 Å². The Kier molecular flexibility index (Phi) is 7.29. The molecule has 4 aromatic rings. The number of carbonyl (C=O) groups is 1. The number of rotatable bonds is 8. The van der Waals surface area contributed by atoms with Gasteiger partial charge in [-0.1, -0.05) is 49.2 Å². The number of ether oxygens (including phenoxy) is 1. The van der Waals surface area contributed by atoms with Crippen molar-refractivity contribution in [3.63, 3.8) is 0 Å². The van der Waals surface area contributed by atoms with Crippen LogP contribution in [0.25, 0.3) is 0 Å². The van der Waals surface area contributed by atoms with E-state index in [1.54, 1.807) is 29.1 Å². The number of hydrogen-bond acceptors (Lipinski definition) is 4. The van der Waals surface area contributed by atoms with E-state index < -0.39 is 0 Å². The molecule has 1 amide bonds. The normalized spacial score (nSPS) is 11.1. The van der Waals surface area contributed by atoms with Crippen LogP contribution in [0, 0.1) is 6.92 Å². The van der Waals surface area contributed by atoms with Crippen LogP contribution in [0.2, 0.25) is 10.0 Å². The summed E-state index contributed by atoms with van der Waals surface area (Å²) in [5.41, 5.74) is 2.98. The third-order valence-electron chi connectivity index (χ3n) is 5.28. The van der Waals surface area contributed by atoms with Crippen molar-refractivity contribution in [1.82, 2.24) is 9.78 Å². The van der Waals surface area contributed by atoms with Gasteiger partial charge in [-0.05, 0) is 65.9 Å². The average molecular weight is 498 g/mol. The summed E-state index contributed by atoms with van der Waals surface area (Å²) < 4.78 is 13.4. The van der Waals surface area contributed by atoms with Gasteiger partial charge in [-0.3, -0.25) is 9.48 Å². The summed E-state index contributed by atoms with van der Waals surface area (Å²) in [6.45, 7) is 6.84. The van der Waals surface area contributed by atoms with Crippen LogP contribution in [0.4, 0.5) is 5.82 Å². The zero-order chi connectivity index (χ0) is 24.2. The van der Waals surface area contributed by atoms with Crippen LogP contribution in [-0.4, -0.2) is 15.7 Å². The minimum Gasteiger partial charge on any atom is -0.485 e. The van der Waals surface area contributed by atoms with Gasteiger partial charge in [-0.25, -0.2) is 0 Å². The van der Waals surface area contributed by atoms with E-state index >= 15 is 0 Å². The largest absolute Gasteiger partial charge is 0.485 e. The first kappa shape index (κ1) is 23.9. The van der Waals surface area contributed by atoms with E-state index in [1.807, 2.05) is 43.3 Å². The molecule has 0 atom stereocenters. The lowest BCUT2D eigenvalue weighted by atomic mass is 10.0. The molecule has 0 aliphatic heterocycles. The Labute approximate surface area is 208 Å². The standard InChI is InChI=1S/C26H25Cl2N3O3/c1-16(2)21-13-22(28)17(3)11-24(21)33-15-20-7-8-23(34-20)26(32)29-25-9-10-31(30-25)14-18-5-4-6-19(27)12-18/h4-13,16H,14-15H2,1-3H3,(H,29,30,32). The van der Waals surface area contributed by atoms with Crippen molar-refractivity contribution in [2.75, 3.05) is 5.32 Å². The highest BCUT2D eigenvalue weighted by Gasteiger charge is 2.15. The third-order valence-corrected chi connectivity index (χ3v) is 5.93. The molecule has 0 aliphatic rings. The Bertz CT molecular complexity index is 1310. The van der Waals surface area contributed by atoms with E-state index in [-0.39, 0.29) is 24.2 Å². The zero-order valence-electron chi connectivity index (χ0n) is 19.1. The molecule has 8 heteroatoms. The molecule has 0 bridgehead atoms. The number of furan rings is 1. The molecule has 0 saturated heterocycles. The highest BCUT2D eigenvalue weighted by molar-refractivity contribution is 6.31. The van der Waals surface area contributed by atoms with Crippen molar-refractivity contribution in [3.8, 4) is 5.75 Å². The summed E-state index contributed by atoms with van der Waals surface area (Å²) in [5, 5.41) is 8.52. The van der Waals surface area contributed by atoms with Gasteiger partial charge in [-0.2, -0.15) is 5.10 Å². The minimum absolute atomic E-state index is 0.180. The van der Waals surface area contributed by atoms with Gasteiger partial charge in [0.05, 0.1) is 6.54 Å². The predicted molar refractivity (Wildman–Crippen MR) is 134 cm³/mol. The quantitative estimate of drug-likeness (QED) is 0.282. The summed E-state index contributed by atoms with van der Waals surface area (Å²) in [5.74, 6) is 1.77. The number of nitrogens with zero attached hydrogens (tertiary/aromatic N) is 2. The van der Waals surface area contributed by atoms with Crippen LogP contribution < -0.4 is 10.1 Å². The van der Waals surface area contributed by atoms with Crippen LogP contribution in [0.3, 0.4) is 0 Å². The molecule has 2 aromatic heterocycles. The van der Waals surface area contributed by atoms with E-state index in [0.29, 0.717) is 28.2 Å². The Hall–Kier alpha value is -3.22. The molecular formula is C26H25Cl2N3O3. The summed E-state index contributed by atoms with van der Waals surface area (Å²) in [6, 6.07) is 16.5. The summed E-state index contributed by atoms with van der Waals surface area (Å²) in [7, 11) is 0.